The second-order valence-corrected chi connectivity index (χ2v) is 5.58. The summed E-state index contributed by atoms with van der Waals surface area (Å²) in [6, 6.07) is 12.0. The SMILES string of the molecule is CC(Oc1cccc(Br)c1)C(=O)NNC(=O)c1ccc(F)cc1. The standard InChI is InChI=1S/C16H14BrFN2O3/c1-10(23-14-4-2-3-12(17)9-14)15(21)19-20-16(22)11-5-7-13(18)8-6-11/h2-10H,1H3,(H,19,21)(H,20,22). The molecule has 0 saturated heterocycles. The number of benzene rings is 2. The van der Waals surface area contributed by atoms with E-state index in [0.29, 0.717) is 5.75 Å². The van der Waals surface area contributed by atoms with Gasteiger partial charge in [-0.15, -0.1) is 0 Å². The summed E-state index contributed by atoms with van der Waals surface area (Å²) in [6.45, 7) is 1.56. The Bertz CT molecular complexity index is 707. The van der Waals surface area contributed by atoms with E-state index in [2.05, 4.69) is 26.8 Å². The van der Waals surface area contributed by atoms with Gasteiger partial charge in [0.15, 0.2) is 6.10 Å². The summed E-state index contributed by atoms with van der Waals surface area (Å²) in [6.07, 6.45) is -0.808. The number of nitrogens with one attached hydrogen (secondary N) is 2. The van der Waals surface area contributed by atoms with Gasteiger partial charge in [0.05, 0.1) is 0 Å². The number of carbonyl (C=O) groups excluding carboxylic acids is 2. The van der Waals surface area contributed by atoms with Gasteiger partial charge in [0.2, 0.25) is 0 Å². The molecule has 2 rings (SSSR count). The molecule has 0 radical (unpaired) electrons. The van der Waals surface area contributed by atoms with Crippen molar-refractivity contribution >= 4 is 27.7 Å². The summed E-state index contributed by atoms with van der Waals surface area (Å²) in [5.41, 5.74) is 4.74. The molecule has 23 heavy (non-hydrogen) atoms. The molecule has 0 aromatic heterocycles. The van der Waals surface area contributed by atoms with Crippen LogP contribution >= 0.6 is 15.9 Å². The number of hydrogen-bond donors (Lipinski definition) is 2. The molecule has 0 heterocycles. The fourth-order valence-electron chi connectivity index (χ4n) is 1.69. The molecule has 2 aromatic rings. The van der Waals surface area contributed by atoms with Crippen LogP contribution in [0.4, 0.5) is 4.39 Å². The Labute approximate surface area is 140 Å². The molecule has 2 aromatic carbocycles. The van der Waals surface area contributed by atoms with Crippen molar-refractivity contribution in [2.24, 2.45) is 0 Å². The van der Waals surface area contributed by atoms with Gasteiger partial charge in [-0.25, -0.2) is 4.39 Å². The largest absolute Gasteiger partial charge is 0.481 e. The van der Waals surface area contributed by atoms with Crippen LogP contribution in [0.1, 0.15) is 17.3 Å². The van der Waals surface area contributed by atoms with Crippen LogP contribution in [0, 0.1) is 5.82 Å². The first-order valence-electron chi connectivity index (χ1n) is 6.73. The lowest BCUT2D eigenvalue weighted by atomic mass is 10.2. The van der Waals surface area contributed by atoms with E-state index in [1.807, 2.05) is 6.07 Å². The molecule has 0 fully saturated rings. The van der Waals surface area contributed by atoms with E-state index >= 15 is 0 Å². The summed E-state index contributed by atoms with van der Waals surface area (Å²) in [5, 5.41) is 0. The zero-order valence-electron chi connectivity index (χ0n) is 12.2. The Morgan fingerprint density at radius 2 is 1.83 bits per heavy atom. The highest BCUT2D eigenvalue weighted by Gasteiger charge is 2.16. The van der Waals surface area contributed by atoms with Gasteiger partial charge >= 0.3 is 0 Å². The molecule has 0 spiro atoms. The molecule has 2 N–H and O–H groups in total. The minimum atomic E-state index is -0.808. The van der Waals surface area contributed by atoms with Crippen LogP contribution in [-0.4, -0.2) is 17.9 Å². The fourth-order valence-corrected chi connectivity index (χ4v) is 2.07. The smallest absolute Gasteiger partial charge is 0.279 e. The molecule has 5 nitrogen and oxygen atoms in total. The molecule has 1 unspecified atom stereocenters. The lowest BCUT2D eigenvalue weighted by molar-refractivity contribution is -0.128. The van der Waals surface area contributed by atoms with Crippen molar-refractivity contribution in [2.75, 3.05) is 0 Å². The topological polar surface area (TPSA) is 67.4 Å². The fraction of sp³-hybridized carbons (Fsp3) is 0.125. The third-order valence-corrected chi connectivity index (χ3v) is 3.38. The number of halogens is 2. The van der Waals surface area contributed by atoms with Gasteiger partial charge in [-0.1, -0.05) is 22.0 Å². The number of carbonyl (C=O) groups is 2. The highest BCUT2D eigenvalue weighted by atomic mass is 79.9. The maximum Gasteiger partial charge on any atom is 0.279 e. The maximum absolute atomic E-state index is 12.8. The Morgan fingerprint density at radius 3 is 2.48 bits per heavy atom. The minimum absolute atomic E-state index is 0.229. The van der Waals surface area contributed by atoms with Crippen LogP contribution in [0.3, 0.4) is 0 Å². The van der Waals surface area contributed by atoms with Crippen molar-refractivity contribution in [3.05, 3.63) is 64.4 Å². The summed E-state index contributed by atoms with van der Waals surface area (Å²) >= 11 is 3.31. The molecule has 0 saturated carbocycles. The van der Waals surface area contributed by atoms with Gasteiger partial charge in [-0.2, -0.15) is 0 Å². The zero-order valence-corrected chi connectivity index (χ0v) is 13.8. The Kier molecular flexibility index (Phi) is 5.70. The van der Waals surface area contributed by atoms with E-state index in [-0.39, 0.29) is 5.56 Å². The molecule has 2 amide bonds. The normalized spacial score (nSPS) is 11.4. The van der Waals surface area contributed by atoms with Crippen molar-refractivity contribution in [3.8, 4) is 5.75 Å². The predicted octanol–water partition coefficient (Wildman–Crippen LogP) is 2.82. The van der Waals surface area contributed by atoms with E-state index in [0.717, 1.165) is 16.6 Å². The lowest BCUT2D eigenvalue weighted by Gasteiger charge is -2.15. The molecule has 0 aliphatic carbocycles. The third-order valence-electron chi connectivity index (χ3n) is 2.88. The first kappa shape index (κ1) is 17.0. The van der Waals surface area contributed by atoms with Crippen molar-refractivity contribution in [1.82, 2.24) is 10.9 Å². The first-order chi connectivity index (χ1) is 11.0. The van der Waals surface area contributed by atoms with E-state index in [1.54, 1.807) is 25.1 Å². The summed E-state index contributed by atoms with van der Waals surface area (Å²) in [7, 11) is 0. The average molecular weight is 381 g/mol. The molecular weight excluding hydrogens is 367 g/mol. The van der Waals surface area contributed by atoms with Crippen LogP contribution in [0.25, 0.3) is 0 Å². The van der Waals surface area contributed by atoms with E-state index in [4.69, 9.17) is 4.74 Å². The molecule has 0 aliphatic heterocycles. The number of hydrogen-bond acceptors (Lipinski definition) is 3. The van der Waals surface area contributed by atoms with Crippen molar-refractivity contribution < 1.29 is 18.7 Å². The van der Waals surface area contributed by atoms with Crippen molar-refractivity contribution in [2.45, 2.75) is 13.0 Å². The Hall–Kier alpha value is -2.41. The first-order valence-corrected chi connectivity index (χ1v) is 7.53. The Balaban J connectivity index is 1.86. The van der Waals surface area contributed by atoms with Crippen LogP contribution in [0.2, 0.25) is 0 Å². The summed E-state index contributed by atoms with van der Waals surface area (Å²) in [5.74, 6) is -0.984. The van der Waals surface area contributed by atoms with Gasteiger partial charge in [0.25, 0.3) is 11.8 Å². The van der Waals surface area contributed by atoms with Crippen molar-refractivity contribution in [1.29, 1.82) is 0 Å². The maximum atomic E-state index is 12.8. The van der Waals surface area contributed by atoms with Gasteiger partial charge in [-0.05, 0) is 49.4 Å². The molecule has 0 aliphatic rings. The average Bonchev–Trinajstić information content (AvgIpc) is 2.53. The van der Waals surface area contributed by atoms with Gasteiger partial charge in [0.1, 0.15) is 11.6 Å². The predicted molar refractivity (Wildman–Crippen MR) is 86.2 cm³/mol. The minimum Gasteiger partial charge on any atom is -0.481 e. The van der Waals surface area contributed by atoms with Crippen LogP contribution in [-0.2, 0) is 4.79 Å². The molecular formula is C16H14BrFN2O3. The van der Waals surface area contributed by atoms with Crippen molar-refractivity contribution in [3.63, 3.8) is 0 Å². The van der Waals surface area contributed by atoms with Crippen LogP contribution < -0.4 is 15.6 Å². The highest BCUT2D eigenvalue weighted by Crippen LogP contribution is 2.18. The number of hydrazine groups is 1. The number of amides is 2. The van der Waals surface area contributed by atoms with Crippen LogP contribution in [0.5, 0.6) is 5.75 Å². The number of rotatable bonds is 4. The van der Waals surface area contributed by atoms with Gasteiger partial charge < -0.3 is 4.74 Å². The van der Waals surface area contributed by atoms with E-state index < -0.39 is 23.7 Å². The molecule has 1 atom stereocenters. The van der Waals surface area contributed by atoms with Gasteiger partial charge in [-0.3, -0.25) is 20.4 Å². The summed E-state index contributed by atoms with van der Waals surface area (Å²) in [4.78, 5) is 23.7. The highest BCUT2D eigenvalue weighted by molar-refractivity contribution is 9.10. The third kappa shape index (κ3) is 5.07. The number of ether oxygens (including phenoxy) is 1. The summed E-state index contributed by atoms with van der Waals surface area (Å²) < 4.78 is 19.1. The van der Waals surface area contributed by atoms with Crippen LogP contribution in [0.15, 0.2) is 53.0 Å². The second kappa shape index (κ2) is 7.73. The zero-order chi connectivity index (χ0) is 16.8. The molecule has 120 valence electrons. The second-order valence-electron chi connectivity index (χ2n) is 4.67. The monoisotopic (exact) mass is 380 g/mol. The van der Waals surface area contributed by atoms with Gasteiger partial charge in [0, 0.05) is 10.0 Å². The Morgan fingerprint density at radius 1 is 1.13 bits per heavy atom. The van der Waals surface area contributed by atoms with E-state index in [1.165, 1.54) is 12.1 Å². The molecule has 0 bridgehead atoms. The lowest BCUT2D eigenvalue weighted by Crippen LogP contribution is -2.47. The molecule has 7 heteroatoms. The quantitative estimate of drug-likeness (QED) is 0.801. The van der Waals surface area contributed by atoms with E-state index in [9.17, 15) is 14.0 Å².